The number of carbonyl (C=O) groups is 2. The molecule has 0 aliphatic rings. The molecule has 0 fully saturated rings. The molecule has 0 atom stereocenters. The standard InChI is InChI=1S/C38H36N2O4/c1-3-43-35-24-13-11-22-33(35)39(27-29-16-7-5-8-17-29)37(41)31-20-15-21-32(26-31)38(42)40(28-30-18-9-6-10-19-30)34-23-12-14-25-36(34)44-4-2/h5-26H,3-4,27-28H2,1-2H3. The van der Waals surface area contributed by atoms with Gasteiger partial charge in [-0.2, -0.15) is 0 Å². The van der Waals surface area contributed by atoms with E-state index < -0.39 is 0 Å². The normalized spacial score (nSPS) is 10.6. The van der Waals surface area contributed by atoms with Gasteiger partial charge in [0.1, 0.15) is 11.5 Å². The van der Waals surface area contributed by atoms with Crippen molar-refractivity contribution < 1.29 is 19.1 Å². The van der Waals surface area contributed by atoms with E-state index in [1.165, 1.54) is 0 Å². The van der Waals surface area contributed by atoms with E-state index in [0.29, 0.717) is 60.3 Å². The first-order valence-electron chi connectivity index (χ1n) is 14.8. The highest BCUT2D eigenvalue weighted by Crippen LogP contribution is 2.33. The zero-order valence-electron chi connectivity index (χ0n) is 25.1. The van der Waals surface area contributed by atoms with Crippen LogP contribution in [0.1, 0.15) is 45.7 Å². The number of para-hydroxylation sites is 4. The van der Waals surface area contributed by atoms with Gasteiger partial charge in [0.2, 0.25) is 0 Å². The summed E-state index contributed by atoms with van der Waals surface area (Å²) >= 11 is 0. The van der Waals surface area contributed by atoms with Crippen molar-refractivity contribution in [1.82, 2.24) is 0 Å². The quantitative estimate of drug-likeness (QED) is 0.148. The lowest BCUT2D eigenvalue weighted by Gasteiger charge is -2.27. The lowest BCUT2D eigenvalue weighted by atomic mass is 10.1. The molecule has 5 aromatic carbocycles. The summed E-state index contributed by atoms with van der Waals surface area (Å²) in [7, 11) is 0. The first-order valence-corrected chi connectivity index (χ1v) is 14.8. The first-order chi connectivity index (χ1) is 21.6. The summed E-state index contributed by atoms with van der Waals surface area (Å²) in [4.78, 5) is 32.0. The number of ether oxygens (including phenoxy) is 2. The summed E-state index contributed by atoms with van der Waals surface area (Å²) in [6, 6.07) is 41.6. The first kappa shape index (κ1) is 30.1. The van der Waals surface area contributed by atoms with E-state index in [-0.39, 0.29) is 11.8 Å². The van der Waals surface area contributed by atoms with Crippen LogP contribution in [0.2, 0.25) is 0 Å². The van der Waals surface area contributed by atoms with Crippen LogP contribution in [0.5, 0.6) is 11.5 Å². The van der Waals surface area contributed by atoms with Crippen molar-refractivity contribution in [3.05, 3.63) is 156 Å². The predicted octanol–water partition coefficient (Wildman–Crippen LogP) is 8.18. The number of benzene rings is 5. The Balaban J connectivity index is 1.53. The van der Waals surface area contributed by atoms with Gasteiger partial charge in [-0.1, -0.05) is 91.0 Å². The molecule has 44 heavy (non-hydrogen) atoms. The van der Waals surface area contributed by atoms with E-state index in [0.717, 1.165) is 11.1 Å². The summed E-state index contributed by atoms with van der Waals surface area (Å²) in [5.41, 5.74) is 4.07. The second-order valence-corrected chi connectivity index (χ2v) is 10.1. The third-order valence-corrected chi connectivity index (χ3v) is 7.13. The fourth-order valence-electron chi connectivity index (χ4n) is 5.08. The summed E-state index contributed by atoms with van der Waals surface area (Å²) in [6.45, 7) is 5.44. The number of nitrogens with zero attached hydrogens (tertiary/aromatic N) is 2. The highest BCUT2D eigenvalue weighted by atomic mass is 16.5. The van der Waals surface area contributed by atoms with E-state index in [9.17, 15) is 9.59 Å². The smallest absolute Gasteiger partial charge is 0.258 e. The Morgan fingerprint density at radius 1 is 0.500 bits per heavy atom. The molecule has 6 nitrogen and oxygen atoms in total. The Morgan fingerprint density at radius 2 is 0.886 bits per heavy atom. The minimum absolute atomic E-state index is 0.236. The molecule has 0 saturated carbocycles. The van der Waals surface area contributed by atoms with Gasteiger partial charge in [-0.15, -0.1) is 0 Å². The van der Waals surface area contributed by atoms with E-state index in [1.54, 1.807) is 34.1 Å². The molecule has 0 N–H and O–H groups in total. The van der Waals surface area contributed by atoms with Crippen LogP contribution in [0.25, 0.3) is 0 Å². The summed E-state index contributed by atoms with van der Waals surface area (Å²) < 4.78 is 11.8. The Morgan fingerprint density at radius 3 is 1.30 bits per heavy atom. The van der Waals surface area contributed by atoms with Gasteiger partial charge in [0.15, 0.2) is 0 Å². The van der Waals surface area contributed by atoms with Gasteiger partial charge in [0, 0.05) is 11.1 Å². The molecule has 5 rings (SSSR count). The van der Waals surface area contributed by atoms with Gasteiger partial charge in [0.25, 0.3) is 11.8 Å². The van der Waals surface area contributed by atoms with Gasteiger partial charge in [-0.05, 0) is 67.4 Å². The van der Waals surface area contributed by atoms with Crippen LogP contribution < -0.4 is 19.3 Å². The lowest BCUT2D eigenvalue weighted by molar-refractivity contribution is 0.0984. The van der Waals surface area contributed by atoms with Crippen molar-refractivity contribution in [3.8, 4) is 11.5 Å². The van der Waals surface area contributed by atoms with Crippen molar-refractivity contribution >= 4 is 23.2 Å². The van der Waals surface area contributed by atoms with E-state index in [2.05, 4.69) is 0 Å². The molecule has 222 valence electrons. The second-order valence-electron chi connectivity index (χ2n) is 10.1. The Bertz CT molecular complexity index is 1570. The average molecular weight is 585 g/mol. The fourth-order valence-corrected chi connectivity index (χ4v) is 5.08. The molecule has 0 unspecified atom stereocenters. The summed E-state index contributed by atoms with van der Waals surface area (Å²) in [5.74, 6) is 0.765. The van der Waals surface area contributed by atoms with Crippen LogP contribution in [0, 0.1) is 0 Å². The SMILES string of the molecule is CCOc1ccccc1N(Cc1ccccc1)C(=O)c1cccc(C(=O)N(Cc2ccccc2)c2ccccc2OCC)c1. The maximum absolute atomic E-state index is 14.3. The van der Waals surface area contributed by atoms with Crippen molar-refractivity contribution in [1.29, 1.82) is 0 Å². The molecule has 2 amide bonds. The van der Waals surface area contributed by atoms with Crippen molar-refractivity contribution in [2.45, 2.75) is 26.9 Å². The van der Waals surface area contributed by atoms with E-state index >= 15 is 0 Å². The molecule has 0 aromatic heterocycles. The molecular formula is C38H36N2O4. The molecular weight excluding hydrogens is 548 g/mol. The summed E-state index contributed by atoms with van der Waals surface area (Å²) in [6.07, 6.45) is 0. The minimum atomic E-state index is -0.236. The number of anilines is 2. The summed E-state index contributed by atoms with van der Waals surface area (Å²) in [5, 5.41) is 0. The topological polar surface area (TPSA) is 59.1 Å². The molecule has 0 heterocycles. The molecule has 0 aliphatic heterocycles. The Labute approximate surface area is 259 Å². The number of hydrogen-bond acceptors (Lipinski definition) is 4. The zero-order chi connectivity index (χ0) is 30.7. The Kier molecular flexibility index (Phi) is 10.1. The highest BCUT2D eigenvalue weighted by molar-refractivity contribution is 6.11. The molecule has 0 bridgehead atoms. The highest BCUT2D eigenvalue weighted by Gasteiger charge is 2.25. The molecule has 0 aliphatic carbocycles. The molecule has 6 heteroatoms. The van der Waals surface area contributed by atoms with Crippen LogP contribution in [0.15, 0.2) is 133 Å². The van der Waals surface area contributed by atoms with Gasteiger partial charge in [-0.3, -0.25) is 9.59 Å². The second kappa shape index (κ2) is 14.7. The van der Waals surface area contributed by atoms with Crippen molar-refractivity contribution in [2.75, 3.05) is 23.0 Å². The number of rotatable bonds is 12. The fraction of sp³-hybridized carbons (Fsp3) is 0.158. The Hall–Kier alpha value is -5.36. The third-order valence-electron chi connectivity index (χ3n) is 7.13. The van der Waals surface area contributed by atoms with Crippen LogP contribution in [0.3, 0.4) is 0 Å². The number of amides is 2. The number of carbonyl (C=O) groups excluding carboxylic acids is 2. The van der Waals surface area contributed by atoms with Crippen molar-refractivity contribution in [2.24, 2.45) is 0 Å². The molecule has 5 aromatic rings. The maximum atomic E-state index is 14.3. The third kappa shape index (κ3) is 7.16. The van der Waals surface area contributed by atoms with Gasteiger partial charge in [-0.25, -0.2) is 0 Å². The van der Waals surface area contributed by atoms with Gasteiger partial charge in [0.05, 0.1) is 37.7 Å². The van der Waals surface area contributed by atoms with Gasteiger partial charge >= 0.3 is 0 Å². The molecule has 0 spiro atoms. The van der Waals surface area contributed by atoms with E-state index in [1.807, 2.05) is 123 Å². The zero-order valence-corrected chi connectivity index (χ0v) is 25.1. The number of hydrogen-bond donors (Lipinski definition) is 0. The van der Waals surface area contributed by atoms with Crippen LogP contribution in [-0.2, 0) is 13.1 Å². The lowest BCUT2D eigenvalue weighted by Crippen LogP contribution is -2.32. The van der Waals surface area contributed by atoms with Crippen LogP contribution in [0.4, 0.5) is 11.4 Å². The average Bonchev–Trinajstić information content (AvgIpc) is 3.07. The van der Waals surface area contributed by atoms with Gasteiger partial charge < -0.3 is 19.3 Å². The van der Waals surface area contributed by atoms with Crippen LogP contribution in [-0.4, -0.2) is 25.0 Å². The predicted molar refractivity (Wildman–Crippen MR) is 176 cm³/mol. The minimum Gasteiger partial charge on any atom is -0.492 e. The molecule has 0 radical (unpaired) electrons. The van der Waals surface area contributed by atoms with Crippen molar-refractivity contribution in [3.63, 3.8) is 0 Å². The molecule has 0 saturated heterocycles. The monoisotopic (exact) mass is 584 g/mol. The van der Waals surface area contributed by atoms with E-state index in [4.69, 9.17) is 9.47 Å². The largest absolute Gasteiger partial charge is 0.492 e. The maximum Gasteiger partial charge on any atom is 0.258 e. The van der Waals surface area contributed by atoms with Crippen LogP contribution >= 0.6 is 0 Å².